The normalized spacial score (nSPS) is 12.1. The zero-order chi connectivity index (χ0) is 19.9. The van der Waals surface area contributed by atoms with Gasteiger partial charge in [0.25, 0.3) is 5.56 Å². The van der Waals surface area contributed by atoms with E-state index in [9.17, 15) is 32.7 Å². The number of carboxylic acids is 1. The second kappa shape index (κ2) is 6.40. The van der Waals surface area contributed by atoms with Crippen molar-refractivity contribution in [3.05, 3.63) is 57.5 Å². The number of alkyl halides is 3. The van der Waals surface area contributed by atoms with Crippen LogP contribution >= 0.6 is 0 Å². The van der Waals surface area contributed by atoms with Crippen LogP contribution in [0.1, 0.15) is 47.2 Å². The number of hydrogen-bond donors (Lipinski definition) is 1. The second-order valence-corrected chi connectivity index (χ2v) is 6.59. The van der Waals surface area contributed by atoms with E-state index in [-0.39, 0.29) is 11.4 Å². The number of aromatic nitrogens is 2. The lowest BCUT2D eigenvalue weighted by molar-refractivity contribution is -0.137. The number of carbonyl (C=O) groups excluding carboxylic acids is 1. The van der Waals surface area contributed by atoms with Gasteiger partial charge in [0, 0.05) is 5.41 Å². The summed E-state index contributed by atoms with van der Waals surface area (Å²) in [6.45, 7) is 4.76. The minimum absolute atomic E-state index is 0.0888. The first kappa shape index (κ1) is 19.4. The number of hydrogen-bond acceptors (Lipinski definition) is 4. The average molecular weight is 368 g/mol. The molecular weight excluding hydrogens is 353 g/mol. The molecule has 9 heteroatoms. The third kappa shape index (κ3) is 3.81. The molecule has 0 aliphatic rings. The van der Waals surface area contributed by atoms with Crippen LogP contribution in [0.15, 0.2) is 35.1 Å². The smallest absolute Gasteiger partial charge is 0.416 e. The third-order valence-corrected chi connectivity index (χ3v) is 3.50. The summed E-state index contributed by atoms with van der Waals surface area (Å²) >= 11 is 0. The van der Waals surface area contributed by atoms with Crippen molar-refractivity contribution in [3.63, 3.8) is 0 Å². The lowest BCUT2D eigenvalue weighted by Crippen LogP contribution is -2.32. The van der Waals surface area contributed by atoms with Crippen LogP contribution in [-0.4, -0.2) is 26.6 Å². The number of carbonyl (C=O) groups is 2. The van der Waals surface area contributed by atoms with Crippen LogP contribution in [0.4, 0.5) is 13.2 Å². The summed E-state index contributed by atoms with van der Waals surface area (Å²) in [5.74, 6) is -2.08. The Morgan fingerprint density at radius 3 is 2.04 bits per heavy atom. The summed E-state index contributed by atoms with van der Waals surface area (Å²) in [5.41, 5.74) is -3.95. The average Bonchev–Trinajstić information content (AvgIpc) is 2.52. The van der Waals surface area contributed by atoms with Gasteiger partial charge in [-0.05, 0) is 30.3 Å². The number of nitrogens with zero attached hydrogens (tertiary/aromatic N) is 2. The Labute approximate surface area is 145 Å². The molecule has 0 bridgehead atoms. The monoisotopic (exact) mass is 368 g/mol. The van der Waals surface area contributed by atoms with Crippen molar-refractivity contribution in [2.45, 2.75) is 26.9 Å². The Bertz CT molecular complexity index is 923. The van der Waals surface area contributed by atoms with E-state index in [1.807, 2.05) is 0 Å². The molecule has 0 aliphatic heterocycles. The van der Waals surface area contributed by atoms with Crippen LogP contribution in [0.25, 0.3) is 5.69 Å². The fraction of sp³-hybridized carbons (Fsp3) is 0.294. The predicted molar refractivity (Wildman–Crippen MR) is 85.6 cm³/mol. The molecule has 1 heterocycles. The topological polar surface area (TPSA) is 89.3 Å². The van der Waals surface area contributed by atoms with Crippen molar-refractivity contribution in [1.29, 1.82) is 0 Å². The number of halogens is 3. The van der Waals surface area contributed by atoms with E-state index in [1.54, 1.807) is 20.8 Å². The molecule has 6 nitrogen and oxygen atoms in total. The van der Waals surface area contributed by atoms with Crippen molar-refractivity contribution in [2.75, 3.05) is 0 Å². The van der Waals surface area contributed by atoms with Gasteiger partial charge in [-0.3, -0.25) is 9.59 Å². The Hall–Kier alpha value is -2.97. The quantitative estimate of drug-likeness (QED) is 0.841. The van der Waals surface area contributed by atoms with Gasteiger partial charge in [-0.25, -0.2) is 4.79 Å². The molecule has 138 valence electrons. The summed E-state index contributed by atoms with van der Waals surface area (Å²) in [5, 5.41) is 13.0. The fourth-order valence-electron chi connectivity index (χ4n) is 2.11. The number of carboxylic acid groups (broad SMARTS) is 1. The van der Waals surface area contributed by atoms with E-state index in [0.29, 0.717) is 4.68 Å². The Morgan fingerprint density at radius 2 is 1.62 bits per heavy atom. The van der Waals surface area contributed by atoms with Crippen molar-refractivity contribution in [2.24, 2.45) is 5.41 Å². The maximum Gasteiger partial charge on any atom is 0.416 e. The van der Waals surface area contributed by atoms with E-state index >= 15 is 0 Å². The zero-order valence-corrected chi connectivity index (χ0v) is 14.1. The SMILES string of the molecule is CC(C)(C)C(=O)c1cc(C(=O)O)c(=O)n(-c2ccc(C(F)(F)F)cc2)n1. The molecular formula is C17H15F3N2O4. The van der Waals surface area contributed by atoms with Gasteiger partial charge >= 0.3 is 12.1 Å². The molecule has 2 rings (SSSR count). The molecule has 0 aliphatic carbocycles. The van der Waals surface area contributed by atoms with Gasteiger partial charge in [0.1, 0.15) is 11.3 Å². The molecule has 1 aromatic carbocycles. The minimum atomic E-state index is -4.56. The molecule has 0 atom stereocenters. The van der Waals surface area contributed by atoms with Crippen molar-refractivity contribution in [1.82, 2.24) is 9.78 Å². The highest BCUT2D eigenvalue weighted by Crippen LogP contribution is 2.29. The Kier molecular flexibility index (Phi) is 4.76. The summed E-state index contributed by atoms with van der Waals surface area (Å²) in [4.78, 5) is 36.0. The van der Waals surface area contributed by atoms with Gasteiger partial charge in [0.2, 0.25) is 0 Å². The first-order valence-electron chi connectivity index (χ1n) is 7.42. The highest BCUT2D eigenvalue weighted by molar-refractivity contribution is 5.99. The molecule has 0 amide bonds. The van der Waals surface area contributed by atoms with Crippen LogP contribution in [-0.2, 0) is 6.18 Å². The third-order valence-electron chi connectivity index (χ3n) is 3.50. The van der Waals surface area contributed by atoms with E-state index in [0.717, 1.165) is 30.3 Å². The molecule has 2 aromatic rings. The van der Waals surface area contributed by atoms with E-state index < -0.39 is 40.0 Å². The Morgan fingerprint density at radius 1 is 1.08 bits per heavy atom. The van der Waals surface area contributed by atoms with Crippen LogP contribution in [0, 0.1) is 5.41 Å². The number of benzene rings is 1. The second-order valence-electron chi connectivity index (χ2n) is 6.59. The van der Waals surface area contributed by atoms with E-state index in [4.69, 9.17) is 0 Å². The van der Waals surface area contributed by atoms with Gasteiger partial charge in [-0.2, -0.15) is 23.0 Å². The zero-order valence-electron chi connectivity index (χ0n) is 14.1. The predicted octanol–water partition coefficient (Wildman–Crippen LogP) is 3.18. The fourth-order valence-corrected chi connectivity index (χ4v) is 2.11. The molecule has 0 unspecified atom stereocenters. The molecule has 0 radical (unpaired) electrons. The first-order valence-corrected chi connectivity index (χ1v) is 7.42. The summed E-state index contributed by atoms with van der Waals surface area (Å²) in [6, 6.07) is 4.31. The summed E-state index contributed by atoms with van der Waals surface area (Å²) in [7, 11) is 0. The molecule has 1 N–H and O–H groups in total. The molecule has 0 spiro atoms. The van der Waals surface area contributed by atoms with Gasteiger partial charge < -0.3 is 5.11 Å². The highest BCUT2D eigenvalue weighted by atomic mass is 19.4. The minimum Gasteiger partial charge on any atom is -0.477 e. The van der Waals surface area contributed by atoms with E-state index in [1.165, 1.54) is 0 Å². The Balaban J connectivity index is 2.68. The number of aromatic carboxylic acids is 1. The number of ketones is 1. The highest BCUT2D eigenvalue weighted by Gasteiger charge is 2.31. The lowest BCUT2D eigenvalue weighted by Gasteiger charge is -2.17. The van der Waals surface area contributed by atoms with Crippen molar-refractivity contribution in [3.8, 4) is 5.69 Å². The number of Topliss-reactive ketones (excluding diaryl/α,β-unsaturated/α-hetero) is 1. The maximum atomic E-state index is 12.7. The number of rotatable bonds is 3. The van der Waals surface area contributed by atoms with Crippen molar-refractivity contribution < 1.29 is 27.9 Å². The van der Waals surface area contributed by atoms with Gasteiger partial charge in [-0.15, -0.1) is 0 Å². The van der Waals surface area contributed by atoms with Crippen LogP contribution in [0.5, 0.6) is 0 Å². The summed E-state index contributed by atoms with van der Waals surface area (Å²) < 4.78 is 38.6. The standard InChI is InChI=1S/C17H15F3N2O4/c1-16(2,3)13(23)12-8-11(15(25)26)14(24)22(21-12)10-6-4-9(5-7-10)17(18,19)20/h4-8H,1-3H3,(H,25,26). The first-order chi connectivity index (χ1) is 11.8. The van der Waals surface area contributed by atoms with Crippen molar-refractivity contribution >= 4 is 11.8 Å². The molecule has 26 heavy (non-hydrogen) atoms. The molecule has 0 saturated heterocycles. The van der Waals surface area contributed by atoms with Crippen LogP contribution < -0.4 is 5.56 Å². The molecule has 0 fully saturated rings. The summed E-state index contributed by atoms with van der Waals surface area (Å²) in [6.07, 6.45) is -4.56. The van der Waals surface area contributed by atoms with Crippen LogP contribution in [0.3, 0.4) is 0 Å². The van der Waals surface area contributed by atoms with Crippen LogP contribution in [0.2, 0.25) is 0 Å². The van der Waals surface area contributed by atoms with Gasteiger partial charge in [0.05, 0.1) is 11.3 Å². The molecule has 1 aromatic heterocycles. The molecule has 0 saturated carbocycles. The van der Waals surface area contributed by atoms with Gasteiger partial charge in [-0.1, -0.05) is 20.8 Å². The van der Waals surface area contributed by atoms with E-state index in [2.05, 4.69) is 5.10 Å². The lowest BCUT2D eigenvalue weighted by atomic mass is 9.88. The van der Waals surface area contributed by atoms with Gasteiger partial charge in [0.15, 0.2) is 5.78 Å². The largest absolute Gasteiger partial charge is 0.477 e. The maximum absolute atomic E-state index is 12.7.